The Balaban J connectivity index is 1.73. The maximum atomic E-state index is 12.1. The molecule has 0 aliphatic carbocycles. The fourth-order valence-corrected chi connectivity index (χ4v) is 3.28. The fourth-order valence-electron chi connectivity index (χ4n) is 3.28. The first-order valence-corrected chi connectivity index (χ1v) is 8.72. The summed E-state index contributed by atoms with van der Waals surface area (Å²) in [6.45, 7) is 7.61. The molecule has 23 heavy (non-hydrogen) atoms. The van der Waals surface area contributed by atoms with Gasteiger partial charge >= 0.3 is 5.97 Å². The molecule has 1 aromatic rings. The minimum atomic E-state index is -0.0901. The monoisotopic (exact) mass is 318 g/mol. The molecular weight excluding hydrogens is 288 g/mol. The molecule has 0 radical (unpaired) electrons. The molecule has 1 aromatic carbocycles. The lowest BCUT2D eigenvalue weighted by Gasteiger charge is -2.19. The number of ether oxygens (including phenoxy) is 1. The van der Waals surface area contributed by atoms with E-state index in [0.29, 0.717) is 18.9 Å². The molecule has 128 valence electrons. The van der Waals surface area contributed by atoms with E-state index in [1.54, 1.807) is 0 Å². The zero-order chi connectivity index (χ0) is 16.7. The predicted octanol–water partition coefficient (Wildman–Crippen LogP) is 2.82. The van der Waals surface area contributed by atoms with Crippen molar-refractivity contribution in [3.05, 3.63) is 35.9 Å². The summed E-state index contributed by atoms with van der Waals surface area (Å²) in [5.41, 5.74) is 7.07. The van der Waals surface area contributed by atoms with Crippen LogP contribution in [0.5, 0.6) is 0 Å². The van der Waals surface area contributed by atoms with Crippen molar-refractivity contribution in [1.29, 1.82) is 0 Å². The first kappa shape index (κ1) is 18.0. The molecule has 1 heterocycles. The molecule has 1 aliphatic heterocycles. The van der Waals surface area contributed by atoms with Crippen molar-refractivity contribution < 1.29 is 9.53 Å². The Morgan fingerprint density at radius 2 is 2.09 bits per heavy atom. The summed E-state index contributed by atoms with van der Waals surface area (Å²) in [4.78, 5) is 14.5. The maximum Gasteiger partial charge on any atom is 0.306 e. The number of hydrogen-bond donors (Lipinski definition) is 1. The lowest BCUT2D eigenvalue weighted by Crippen LogP contribution is -2.27. The minimum absolute atomic E-state index is 0.0312. The molecule has 1 aliphatic rings. The predicted molar refractivity (Wildman–Crippen MR) is 92.8 cm³/mol. The van der Waals surface area contributed by atoms with Gasteiger partial charge in [-0.25, -0.2) is 0 Å². The number of benzene rings is 1. The number of hydrogen-bond acceptors (Lipinski definition) is 4. The highest BCUT2D eigenvalue weighted by Crippen LogP contribution is 2.19. The van der Waals surface area contributed by atoms with Crippen LogP contribution in [-0.2, 0) is 16.1 Å². The van der Waals surface area contributed by atoms with E-state index in [1.807, 2.05) is 6.07 Å². The van der Waals surface area contributed by atoms with Crippen LogP contribution in [0.15, 0.2) is 30.3 Å². The number of nitrogens with zero attached hydrogens (tertiary/aromatic N) is 1. The number of esters is 1. The first-order chi connectivity index (χ1) is 11.1. The van der Waals surface area contributed by atoms with Crippen molar-refractivity contribution in [2.75, 3.05) is 19.6 Å². The highest BCUT2D eigenvalue weighted by Gasteiger charge is 2.26. The van der Waals surface area contributed by atoms with Gasteiger partial charge < -0.3 is 10.5 Å². The molecule has 4 heteroatoms. The van der Waals surface area contributed by atoms with Gasteiger partial charge in [-0.15, -0.1) is 0 Å². The third-order valence-corrected chi connectivity index (χ3v) is 4.37. The Hall–Kier alpha value is -1.39. The van der Waals surface area contributed by atoms with E-state index in [0.717, 1.165) is 32.5 Å². The molecule has 2 atom stereocenters. The molecule has 0 spiro atoms. The van der Waals surface area contributed by atoms with Crippen molar-refractivity contribution in [2.24, 2.45) is 17.6 Å². The summed E-state index contributed by atoms with van der Waals surface area (Å²) < 4.78 is 5.66. The van der Waals surface area contributed by atoms with E-state index in [1.165, 1.54) is 5.56 Å². The maximum absolute atomic E-state index is 12.1. The summed E-state index contributed by atoms with van der Waals surface area (Å²) in [5, 5.41) is 0. The molecule has 1 unspecified atom stereocenters. The second-order valence-electron chi connectivity index (χ2n) is 7.06. The standard InChI is InChI=1S/C19H30N2O2/c1-15(2)10-17(12-20)11-19(22)23-18-8-9-21(14-18)13-16-6-4-3-5-7-16/h3-7,15,17-18H,8-14,20H2,1-2H3/t17-,18?/m0/s1. The van der Waals surface area contributed by atoms with Gasteiger partial charge in [0.1, 0.15) is 6.10 Å². The second-order valence-corrected chi connectivity index (χ2v) is 7.06. The third-order valence-electron chi connectivity index (χ3n) is 4.37. The molecule has 2 N–H and O–H groups in total. The number of likely N-dealkylation sites (tertiary alicyclic amines) is 1. The van der Waals surface area contributed by atoms with E-state index in [2.05, 4.69) is 43.0 Å². The molecule has 1 fully saturated rings. The molecule has 0 aromatic heterocycles. The van der Waals surface area contributed by atoms with Crippen LogP contribution in [0.25, 0.3) is 0 Å². The average Bonchev–Trinajstić information content (AvgIpc) is 2.94. The molecule has 4 nitrogen and oxygen atoms in total. The number of carbonyl (C=O) groups excluding carboxylic acids is 1. The normalized spacial score (nSPS) is 19.9. The van der Waals surface area contributed by atoms with Crippen molar-refractivity contribution in [3.8, 4) is 0 Å². The summed E-state index contributed by atoms with van der Waals surface area (Å²) in [5.74, 6) is 0.709. The third kappa shape index (κ3) is 6.32. The molecule has 0 amide bonds. The van der Waals surface area contributed by atoms with Gasteiger partial charge in [0, 0.05) is 26.1 Å². The summed E-state index contributed by atoms with van der Waals surface area (Å²) in [7, 11) is 0. The minimum Gasteiger partial charge on any atom is -0.461 e. The zero-order valence-electron chi connectivity index (χ0n) is 14.4. The van der Waals surface area contributed by atoms with Crippen LogP contribution in [0.4, 0.5) is 0 Å². The largest absolute Gasteiger partial charge is 0.461 e. The van der Waals surface area contributed by atoms with Crippen LogP contribution in [0.1, 0.15) is 38.7 Å². The highest BCUT2D eigenvalue weighted by molar-refractivity contribution is 5.70. The first-order valence-electron chi connectivity index (χ1n) is 8.72. The molecule has 0 saturated carbocycles. The Morgan fingerprint density at radius 1 is 1.35 bits per heavy atom. The van der Waals surface area contributed by atoms with E-state index in [4.69, 9.17) is 10.5 Å². The summed E-state index contributed by atoms with van der Waals surface area (Å²) >= 11 is 0. The smallest absolute Gasteiger partial charge is 0.306 e. The number of carbonyl (C=O) groups is 1. The summed E-state index contributed by atoms with van der Waals surface area (Å²) in [6.07, 6.45) is 2.39. The van der Waals surface area contributed by atoms with Crippen molar-refractivity contribution >= 4 is 5.97 Å². The van der Waals surface area contributed by atoms with Crippen LogP contribution >= 0.6 is 0 Å². The molecule has 1 saturated heterocycles. The van der Waals surface area contributed by atoms with Gasteiger partial charge in [0.05, 0.1) is 0 Å². The zero-order valence-corrected chi connectivity index (χ0v) is 14.4. The molecular formula is C19H30N2O2. The van der Waals surface area contributed by atoms with Gasteiger partial charge in [0.25, 0.3) is 0 Å². The Morgan fingerprint density at radius 3 is 2.74 bits per heavy atom. The van der Waals surface area contributed by atoms with Crippen LogP contribution in [0.2, 0.25) is 0 Å². The van der Waals surface area contributed by atoms with Gasteiger partial charge in [-0.3, -0.25) is 9.69 Å². The topological polar surface area (TPSA) is 55.6 Å². The highest BCUT2D eigenvalue weighted by atomic mass is 16.5. The average molecular weight is 318 g/mol. The van der Waals surface area contributed by atoms with Gasteiger partial charge in [0.2, 0.25) is 0 Å². The van der Waals surface area contributed by atoms with Crippen molar-refractivity contribution in [2.45, 2.75) is 45.8 Å². The second kappa shape index (κ2) is 9.04. The Labute approximate surface area is 140 Å². The quantitative estimate of drug-likeness (QED) is 0.749. The van der Waals surface area contributed by atoms with E-state index in [9.17, 15) is 4.79 Å². The lowest BCUT2D eigenvalue weighted by atomic mass is 9.94. The summed E-state index contributed by atoms with van der Waals surface area (Å²) in [6, 6.07) is 10.4. The number of nitrogens with two attached hydrogens (primary N) is 1. The molecule has 2 rings (SSSR count). The van der Waals surface area contributed by atoms with Gasteiger partial charge in [-0.1, -0.05) is 44.2 Å². The Kier molecular flexibility index (Phi) is 7.06. The van der Waals surface area contributed by atoms with Crippen LogP contribution in [-0.4, -0.2) is 36.6 Å². The van der Waals surface area contributed by atoms with Gasteiger partial charge in [-0.05, 0) is 36.8 Å². The Bertz CT molecular complexity index is 476. The van der Waals surface area contributed by atoms with E-state index < -0.39 is 0 Å². The van der Waals surface area contributed by atoms with E-state index >= 15 is 0 Å². The lowest BCUT2D eigenvalue weighted by molar-refractivity contribution is -0.149. The van der Waals surface area contributed by atoms with Crippen molar-refractivity contribution in [1.82, 2.24) is 4.90 Å². The van der Waals surface area contributed by atoms with E-state index in [-0.39, 0.29) is 18.0 Å². The van der Waals surface area contributed by atoms with Crippen LogP contribution in [0, 0.1) is 11.8 Å². The van der Waals surface area contributed by atoms with Gasteiger partial charge in [0.15, 0.2) is 0 Å². The SMILES string of the molecule is CC(C)C[C@H](CN)CC(=O)OC1CCN(Cc2ccccc2)C1. The van der Waals surface area contributed by atoms with Gasteiger partial charge in [-0.2, -0.15) is 0 Å². The van der Waals surface area contributed by atoms with Crippen LogP contribution in [0.3, 0.4) is 0 Å². The van der Waals surface area contributed by atoms with Crippen LogP contribution < -0.4 is 5.73 Å². The molecule has 0 bridgehead atoms. The van der Waals surface area contributed by atoms with Crippen molar-refractivity contribution in [3.63, 3.8) is 0 Å². The fraction of sp³-hybridized carbons (Fsp3) is 0.632. The number of rotatable bonds is 8.